The molecule has 1 aliphatic heterocycles. The van der Waals surface area contributed by atoms with Gasteiger partial charge in [0, 0.05) is 26.5 Å². The second-order valence-corrected chi connectivity index (χ2v) is 16.2. The van der Waals surface area contributed by atoms with Crippen LogP contribution in [-0.2, 0) is 0 Å². The molecule has 1 aromatic heterocycles. The second kappa shape index (κ2) is 15.8. The molecule has 0 bridgehead atoms. The average Bonchev–Trinajstić information content (AvgIpc) is 3.36. The summed E-state index contributed by atoms with van der Waals surface area (Å²) in [5.41, 5.74) is 14.2. The second-order valence-electron chi connectivity index (χ2n) is 15.2. The van der Waals surface area contributed by atoms with Crippen LogP contribution in [0.3, 0.4) is 0 Å². The van der Waals surface area contributed by atoms with Crippen molar-refractivity contribution in [2.75, 3.05) is 0 Å². The lowest BCUT2D eigenvalue weighted by atomic mass is 9.93. The van der Waals surface area contributed by atoms with Crippen molar-refractivity contribution in [3.8, 4) is 78.7 Å². The molecule has 3 nitrogen and oxygen atoms in total. The van der Waals surface area contributed by atoms with E-state index in [0.29, 0.717) is 17.5 Å². The highest BCUT2D eigenvalue weighted by atomic mass is 32.2. The maximum Gasteiger partial charge on any atom is 0.164 e. The standard InChI is InChI=1S/C57H37N3S/c1-4-16-38(17-5-1)45-34-46(39-18-6-2-7-19-39)36-47(35-45)57-59-55(43-22-8-3-9-23-43)58-56(60-57)44-31-30-42-29-28-40-20-10-12-24-48(40)50-26-14-15-27-53(50)61-54-49-25-13-11-21-41(49)32-33-51(54)52(42)37-44/h1-37H/b29-28-. The van der Waals surface area contributed by atoms with Crippen LogP contribution in [0.2, 0.25) is 0 Å². The first-order valence-electron chi connectivity index (χ1n) is 20.5. The van der Waals surface area contributed by atoms with E-state index < -0.39 is 0 Å². The summed E-state index contributed by atoms with van der Waals surface area (Å²) in [7, 11) is 0. The predicted octanol–water partition coefficient (Wildman–Crippen LogP) is 15.3. The number of hydrogen-bond acceptors (Lipinski definition) is 4. The molecular formula is C57H37N3S. The van der Waals surface area contributed by atoms with Crippen molar-refractivity contribution in [2.45, 2.75) is 9.79 Å². The van der Waals surface area contributed by atoms with Gasteiger partial charge in [-0.1, -0.05) is 206 Å². The van der Waals surface area contributed by atoms with Crippen molar-refractivity contribution in [3.63, 3.8) is 0 Å². The van der Waals surface area contributed by atoms with Gasteiger partial charge in [-0.05, 0) is 96.7 Å². The summed E-state index contributed by atoms with van der Waals surface area (Å²) in [5, 5.41) is 2.42. The molecule has 0 aliphatic carbocycles. The quantitative estimate of drug-likeness (QED) is 0.174. The summed E-state index contributed by atoms with van der Waals surface area (Å²) in [5.74, 6) is 1.85. The van der Waals surface area contributed by atoms with Gasteiger partial charge in [0.2, 0.25) is 0 Å². The topological polar surface area (TPSA) is 38.7 Å². The van der Waals surface area contributed by atoms with Crippen LogP contribution in [0, 0.1) is 0 Å². The molecule has 0 radical (unpaired) electrons. The van der Waals surface area contributed by atoms with Crippen LogP contribution < -0.4 is 0 Å². The molecule has 0 saturated heterocycles. The highest BCUT2D eigenvalue weighted by Gasteiger charge is 2.20. The number of nitrogens with zero attached hydrogens (tertiary/aromatic N) is 3. The molecule has 2 heterocycles. The fraction of sp³-hybridized carbons (Fsp3) is 0. The Labute approximate surface area is 359 Å². The van der Waals surface area contributed by atoms with Crippen LogP contribution in [0.4, 0.5) is 0 Å². The third-order valence-electron chi connectivity index (χ3n) is 11.3. The fourth-order valence-corrected chi connectivity index (χ4v) is 9.53. The molecule has 0 unspecified atom stereocenters. The number of benzene rings is 9. The van der Waals surface area contributed by atoms with Crippen LogP contribution in [0.1, 0.15) is 11.1 Å². The summed E-state index contributed by atoms with van der Waals surface area (Å²) in [6.45, 7) is 0. The first-order valence-corrected chi connectivity index (χ1v) is 21.3. The Balaban J connectivity index is 1.14. The van der Waals surface area contributed by atoms with Gasteiger partial charge < -0.3 is 0 Å². The van der Waals surface area contributed by atoms with Crippen LogP contribution in [0.15, 0.2) is 222 Å². The molecule has 10 aromatic rings. The summed E-state index contributed by atoms with van der Waals surface area (Å²) in [6.07, 6.45) is 4.50. The molecule has 0 amide bonds. The van der Waals surface area contributed by atoms with E-state index >= 15 is 0 Å². The van der Waals surface area contributed by atoms with E-state index in [1.54, 1.807) is 0 Å². The monoisotopic (exact) mass is 795 g/mol. The van der Waals surface area contributed by atoms with Gasteiger partial charge in [0.1, 0.15) is 0 Å². The zero-order chi connectivity index (χ0) is 40.5. The largest absolute Gasteiger partial charge is 0.208 e. The first kappa shape index (κ1) is 36.4. The van der Waals surface area contributed by atoms with Crippen molar-refractivity contribution >= 4 is 34.7 Å². The molecule has 286 valence electrons. The molecule has 0 atom stereocenters. The number of aromatic nitrogens is 3. The Morgan fingerprint density at radius 3 is 1.52 bits per heavy atom. The highest BCUT2D eigenvalue weighted by molar-refractivity contribution is 7.99. The van der Waals surface area contributed by atoms with E-state index in [2.05, 4.69) is 206 Å². The lowest BCUT2D eigenvalue weighted by molar-refractivity contribution is 1.07. The summed E-state index contributed by atoms with van der Waals surface area (Å²) < 4.78 is 0. The van der Waals surface area contributed by atoms with Gasteiger partial charge in [-0.2, -0.15) is 0 Å². The molecule has 4 heteroatoms. The van der Waals surface area contributed by atoms with Crippen molar-refractivity contribution in [3.05, 3.63) is 223 Å². The van der Waals surface area contributed by atoms with Crippen LogP contribution >= 0.6 is 11.8 Å². The van der Waals surface area contributed by atoms with Crippen molar-refractivity contribution in [1.29, 1.82) is 0 Å². The minimum Gasteiger partial charge on any atom is -0.208 e. The Bertz CT molecular complexity index is 3210. The van der Waals surface area contributed by atoms with Gasteiger partial charge in [-0.15, -0.1) is 0 Å². The minimum atomic E-state index is 0.613. The first-order chi connectivity index (χ1) is 30.2. The van der Waals surface area contributed by atoms with E-state index in [-0.39, 0.29) is 0 Å². The summed E-state index contributed by atoms with van der Waals surface area (Å²) in [6, 6.07) is 75.2. The minimum absolute atomic E-state index is 0.613. The molecule has 9 aromatic carbocycles. The maximum absolute atomic E-state index is 5.33. The molecule has 11 rings (SSSR count). The molecular weight excluding hydrogens is 759 g/mol. The van der Waals surface area contributed by atoms with Crippen LogP contribution in [0.25, 0.3) is 102 Å². The molecule has 0 fully saturated rings. The Hall–Kier alpha value is -7.66. The number of rotatable bonds is 5. The van der Waals surface area contributed by atoms with E-state index in [9.17, 15) is 0 Å². The fourth-order valence-electron chi connectivity index (χ4n) is 8.30. The Kier molecular flexibility index (Phi) is 9.45. The normalized spacial score (nSPS) is 12.3. The van der Waals surface area contributed by atoms with E-state index in [0.717, 1.165) is 55.6 Å². The van der Waals surface area contributed by atoms with Gasteiger partial charge in [0.25, 0.3) is 0 Å². The Morgan fingerprint density at radius 2 is 0.820 bits per heavy atom. The zero-order valence-corrected chi connectivity index (χ0v) is 33.9. The third-order valence-corrected chi connectivity index (χ3v) is 12.6. The van der Waals surface area contributed by atoms with Crippen LogP contribution in [-0.4, -0.2) is 15.0 Å². The molecule has 0 saturated carbocycles. The number of fused-ring (bicyclic) bond motifs is 8. The molecule has 1 aliphatic rings. The highest BCUT2D eigenvalue weighted by Crippen LogP contribution is 2.47. The smallest absolute Gasteiger partial charge is 0.164 e. The SMILES string of the molecule is C1=C\c2ccc(-c3nc(-c4ccccc4)nc(-c4cc(-c5ccccc5)cc(-c5ccccc5)c4)n3)cc2-c2ccc3ccccc3c2Sc2ccccc2-c2ccccc2/1. The van der Waals surface area contributed by atoms with Crippen molar-refractivity contribution in [1.82, 2.24) is 15.0 Å². The average molecular weight is 796 g/mol. The summed E-state index contributed by atoms with van der Waals surface area (Å²) in [4.78, 5) is 18.2. The zero-order valence-electron chi connectivity index (χ0n) is 33.1. The van der Waals surface area contributed by atoms with Crippen molar-refractivity contribution < 1.29 is 0 Å². The Morgan fingerprint density at radius 1 is 0.295 bits per heavy atom. The molecule has 0 N–H and O–H groups in total. The number of hydrogen-bond donors (Lipinski definition) is 0. The lowest BCUT2D eigenvalue weighted by Gasteiger charge is -2.17. The molecule has 61 heavy (non-hydrogen) atoms. The van der Waals surface area contributed by atoms with Gasteiger partial charge in [0.05, 0.1) is 0 Å². The van der Waals surface area contributed by atoms with Gasteiger partial charge in [-0.3, -0.25) is 0 Å². The lowest BCUT2D eigenvalue weighted by Crippen LogP contribution is -2.01. The van der Waals surface area contributed by atoms with Crippen molar-refractivity contribution in [2.24, 2.45) is 0 Å². The predicted molar refractivity (Wildman–Crippen MR) is 255 cm³/mol. The van der Waals surface area contributed by atoms with Gasteiger partial charge in [-0.25, -0.2) is 15.0 Å². The van der Waals surface area contributed by atoms with Crippen LogP contribution in [0.5, 0.6) is 0 Å². The van der Waals surface area contributed by atoms with E-state index in [1.165, 1.54) is 37.3 Å². The van der Waals surface area contributed by atoms with E-state index in [1.807, 2.05) is 30.0 Å². The van der Waals surface area contributed by atoms with Gasteiger partial charge >= 0.3 is 0 Å². The molecule has 0 spiro atoms. The maximum atomic E-state index is 5.33. The third kappa shape index (κ3) is 7.14. The van der Waals surface area contributed by atoms with Gasteiger partial charge in [0.15, 0.2) is 17.5 Å². The van der Waals surface area contributed by atoms with E-state index in [4.69, 9.17) is 15.0 Å². The summed E-state index contributed by atoms with van der Waals surface area (Å²) >= 11 is 1.84.